The van der Waals surface area contributed by atoms with Crippen LogP contribution in [0.1, 0.15) is 35.2 Å². The minimum Gasteiger partial charge on any atom is -0.322 e. The van der Waals surface area contributed by atoms with E-state index in [4.69, 9.17) is 23.2 Å². The number of nitrogens with zero attached hydrogens (tertiary/aromatic N) is 1. The minimum absolute atomic E-state index is 0.153. The van der Waals surface area contributed by atoms with Gasteiger partial charge in [-0.1, -0.05) is 23.2 Å². The molecule has 1 N–H and O–H groups in total. The smallest absolute Gasteiger partial charge is 0.255 e. The highest BCUT2D eigenvalue weighted by molar-refractivity contribution is 6.35. The molecule has 1 aliphatic rings. The molecule has 130 valence electrons. The van der Waals surface area contributed by atoms with Crippen LogP contribution in [0.2, 0.25) is 10.0 Å². The van der Waals surface area contributed by atoms with Crippen molar-refractivity contribution in [3.8, 4) is 0 Å². The van der Waals surface area contributed by atoms with Gasteiger partial charge in [0.25, 0.3) is 5.91 Å². The van der Waals surface area contributed by atoms with Gasteiger partial charge in [-0.2, -0.15) is 0 Å². The van der Waals surface area contributed by atoms with Crippen LogP contribution in [0.4, 0.5) is 11.4 Å². The molecular formula is C19H18Cl2N2O2. The van der Waals surface area contributed by atoms with Gasteiger partial charge in [0.2, 0.25) is 5.91 Å². The molecule has 0 radical (unpaired) electrons. The first-order valence-corrected chi connectivity index (χ1v) is 8.88. The number of rotatable bonds is 3. The topological polar surface area (TPSA) is 49.4 Å². The number of carbonyl (C=O) groups excluding carboxylic acids is 2. The molecule has 0 spiro atoms. The zero-order valence-corrected chi connectivity index (χ0v) is 15.3. The van der Waals surface area contributed by atoms with E-state index in [2.05, 4.69) is 5.32 Å². The van der Waals surface area contributed by atoms with Gasteiger partial charge in [-0.25, -0.2) is 0 Å². The highest BCUT2D eigenvalue weighted by atomic mass is 35.5. The molecule has 3 rings (SSSR count). The molecular weight excluding hydrogens is 359 g/mol. The summed E-state index contributed by atoms with van der Waals surface area (Å²) < 4.78 is 0. The zero-order chi connectivity index (χ0) is 18.0. The van der Waals surface area contributed by atoms with Crippen LogP contribution < -0.4 is 10.2 Å². The van der Waals surface area contributed by atoms with E-state index in [1.807, 2.05) is 24.0 Å². The normalized spacial score (nSPS) is 14.5. The summed E-state index contributed by atoms with van der Waals surface area (Å²) in [5.74, 6) is -0.134. The Kier molecular flexibility index (Phi) is 5.30. The number of benzene rings is 2. The summed E-state index contributed by atoms with van der Waals surface area (Å²) in [4.78, 5) is 26.3. The van der Waals surface area contributed by atoms with Gasteiger partial charge < -0.3 is 10.2 Å². The number of nitrogens with one attached hydrogen (secondary N) is 1. The third-order valence-electron chi connectivity index (χ3n) is 4.19. The number of halogens is 2. The van der Waals surface area contributed by atoms with E-state index in [0.717, 1.165) is 30.6 Å². The van der Waals surface area contributed by atoms with Gasteiger partial charge in [0.05, 0.1) is 0 Å². The molecule has 2 aromatic carbocycles. The van der Waals surface area contributed by atoms with Crippen molar-refractivity contribution in [1.82, 2.24) is 0 Å². The number of anilines is 2. The average Bonchev–Trinajstić information content (AvgIpc) is 2.55. The standard InChI is InChI=1S/C19H18Cl2N2O2/c1-12-8-16(5-6-17(12)23-7-3-2-4-18(23)24)22-19(25)13-9-14(20)11-15(21)10-13/h5-6,8-11H,2-4,7H2,1H3,(H,22,25). The monoisotopic (exact) mass is 376 g/mol. The van der Waals surface area contributed by atoms with Crippen molar-refractivity contribution in [1.29, 1.82) is 0 Å². The summed E-state index contributed by atoms with van der Waals surface area (Å²) in [7, 11) is 0. The molecule has 0 unspecified atom stereocenters. The molecule has 0 atom stereocenters. The molecule has 1 saturated heterocycles. The SMILES string of the molecule is Cc1cc(NC(=O)c2cc(Cl)cc(Cl)c2)ccc1N1CCCCC1=O. The first-order valence-electron chi connectivity index (χ1n) is 8.12. The Morgan fingerprint density at radius 2 is 1.80 bits per heavy atom. The molecule has 1 heterocycles. The molecule has 0 aliphatic carbocycles. The van der Waals surface area contributed by atoms with Crippen LogP contribution >= 0.6 is 23.2 Å². The molecule has 1 aliphatic heterocycles. The Bertz CT molecular complexity index is 816. The molecule has 0 saturated carbocycles. The molecule has 0 aromatic heterocycles. The van der Waals surface area contributed by atoms with Crippen molar-refractivity contribution in [3.63, 3.8) is 0 Å². The highest BCUT2D eigenvalue weighted by Gasteiger charge is 2.21. The van der Waals surface area contributed by atoms with Gasteiger partial charge in [0, 0.05) is 39.9 Å². The lowest BCUT2D eigenvalue weighted by atomic mass is 10.1. The van der Waals surface area contributed by atoms with E-state index in [1.165, 1.54) is 0 Å². The summed E-state index contributed by atoms with van der Waals surface area (Å²) >= 11 is 11.9. The van der Waals surface area contributed by atoms with Crippen LogP contribution in [0, 0.1) is 6.92 Å². The second-order valence-electron chi connectivity index (χ2n) is 6.12. The number of hydrogen-bond donors (Lipinski definition) is 1. The van der Waals surface area contributed by atoms with Crippen LogP contribution in [0.15, 0.2) is 36.4 Å². The molecule has 1 fully saturated rings. The molecule has 0 bridgehead atoms. The van der Waals surface area contributed by atoms with Crippen LogP contribution in [0.5, 0.6) is 0 Å². The van der Waals surface area contributed by atoms with Crippen LogP contribution in [-0.2, 0) is 4.79 Å². The number of hydrogen-bond acceptors (Lipinski definition) is 2. The summed E-state index contributed by atoms with van der Waals surface area (Å²) in [5, 5.41) is 3.66. The molecule has 25 heavy (non-hydrogen) atoms. The maximum absolute atomic E-state index is 12.4. The van der Waals surface area contributed by atoms with E-state index >= 15 is 0 Å². The Labute approximate surface area is 156 Å². The average molecular weight is 377 g/mol. The lowest BCUT2D eigenvalue weighted by Crippen LogP contribution is -2.35. The van der Waals surface area contributed by atoms with Crippen LogP contribution in [0.25, 0.3) is 0 Å². The lowest BCUT2D eigenvalue weighted by molar-refractivity contribution is -0.119. The third kappa shape index (κ3) is 4.14. The fourth-order valence-electron chi connectivity index (χ4n) is 2.98. The number of carbonyl (C=O) groups is 2. The summed E-state index contributed by atoms with van der Waals surface area (Å²) in [5.41, 5.74) is 2.89. The summed E-state index contributed by atoms with van der Waals surface area (Å²) in [6, 6.07) is 10.2. The van der Waals surface area contributed by atoms with E-state index in [9.17, 15) is 9.59 Å². The van der Waals surface area contributed by atoms with Gasteiger partial charge in [0.1, 0.15) is 0 Å². The van der Waals surface area contributed by atoms with Gasteiger partial charge in [-0.15, -0.1) is 0 Å². The van der Waals surface area contributed by atoms with Crippen LogP contribution in [0.3, 0.4) is 0 Å². The highest BCUT2D eigenvalue weighted by Crippen LogP contribution is 2.27. The predicted molar refractivity (Wildman–Crippen MR) is 102 cm³/mol. The lowest BCUT2D eigenvalue weighted by Gasteiger charge is -2.28. The largest absolute Gasteiger partial charge is 0.322 e. The summed E-state index contributed by atoms with van der Waals surface area (Å²) in [6.45, 7) is 2.68. The van der Waals surface area contributed by atoms with Crippen molar-refractivity contribution in [2.75, 3.05) is 16.8 Å². The van der Waals surface area contributed by atoms with Crippen molar-refractivity contribution < 1.29 is 9.59 Å². The molecule has 6 heteroatoms. The van der Waals surface area contributed by atoms with Gasteiger partial charge >= 0.3 is 0 Å². The van der Waals surface area contributed by atoms with Crippen molar-refractivity contribution in [2.45, 2.75) is 26.2 Å². The Morgan fingerprint density at radius 1 is 1.08 bits per heavy atom. The molecule has 2 aromatic rings. The van der Waals surface area contributed by atoms with E-state index in [0.29, 0.717) is 27.7 Å². The van der Waals surface area contributed by atoms with E-state index in [-0.39, 0.29) is 11.8 Å². The Hall–Kier alpha value is -2.04. The Balaban J connectivity index is 1.78. The fraction of sp³-hybridized carbons (Fsp3) is 0.263. The molecule has 4 nitrogen and oxygen atoms in total. The van der Waals surface area contributed by atoms with Crippen molar-refractivity contribution in [2.24, 2.45) is 0 Å². The van der Waals surface area contributed by atoms with Gasteiger partial charge in [0.15, 0.2) is 0 Å². The van der Waals surface area contributed by atoms with Crippen molar-refractivity contribution >= 4 is 46.4 Å². The first-order chi connectivity index (χ1) is 11.9. The van der Waals surface area contributed by atoms with Crippen LogP contribution in [-0.4, -0.2) is 18.4 Å². The number of amides is 2. The predicted octanol–water partition coefficient (Wildman–Crippen LogP) is 5.07. The van der Waals surface area contributed by atoms with Gasteiger partial charge in [-0.05, 0) is 61.7 Å². The summed E-state index contributed by atoms with van der Waals surface area (Å²) in [6.07, 6.45) is 2.55. The maximum Gasteiger partial charge on any atom is 0.255 e. The maximum atomic E-state index is 12.4. The quantitative estimate of drug-likeness (QED) is 0.812. The third-order valence-corrected chi connectivity index (χ3v) is 4.63. The fourth-order valence-corrected chi connectivity index (χ4v) is 3.51. The van der Waals surface area contributed by atoms with Crippen molar-refractivity contribution in [3.05, 3.63) is 57.6 Å². The number of piperidine rings is 1. The zero-order valence-electron chi connectivity index (χ0n) is 13.8. The second-order valence-corrected chi connectivity index (χ2v) is 6.99. The first kappa shape index (κ1) is 17.8. The molecule has 2 amide bonds. The minimum atomic E-state index is -0.286. The van der Waals surface area contributed by atoms with E-state index in [1.54, 1.807) is 24.3 Å². The Morgan fingerprint density at radius 3 is 2.44 bits per heavy atom. The van der Waals surface area contributed by atoms with Gasteiger partial charge in [-0.3, -0.25) is 9.59 Å². The number of aryl methyl sites for hydroxylation is 1. The van der Waals surface area contributed by atoms with E-state index < -0.39 is 0 Å². The second kappa shape index (κ2) is 7.46.